The van der Waals surface area contributed by atoms with Gasteiger partial charge in [-0.1, -0.05) is 0 Å². The molecule has 0 aliphatic carbocycles. The normalized spacial score (nSPS) is 14.4. The van der Waals surface area contributed by atoms with E-state index in [9.17, 15) is 9.59 Å². The molecule has 3 N–H and O–H groups in total. The highest BCUT2D eigenvalue weighted by molar-refractivity contribution is 8.13. The van der Waals surface area contributed by atoms with Crippen LogP contribution in [0.5, 0.6) is 0 Å². The summed E-state index contributed by atoms with van der Waals surface area (Å²) in [5.74, 6) is -0.117. The highest BCUT2D eigenvalue weighted by atomic mass is 32.2. The summed E-state index contributed by atoms with van der Waals surface area (Å²) >= 11 is 1.16. The van der Waals surface area contributed by atoms with E-state index in [2.05, 4.69) is 5.32 Å². The summed E-state index contributed by atoms with van der Waals surface area (Å²) in [5.41, 5.74) is 8.15. The Morgan fingerprint density at radius 1 is 1.44 bits per heavy atom. The number of rotatable bonds is 1. The third-order valence-electron chi connectivity index (χ3n) is 2.40. The van der Waals surface area contributed by atoms with Crippen molar-refractivity contribution in [3.63, 3.8) is 0 Å². The fourth-order valence-electron chi connectivity index (χ4n) is 1.71. The van der Waals surface area contributed by atoms with Crippen molar-refractivity contribution >= 4 is 34.2 Å². The Morgan fingerprint density at radius 3 is 2.88 bits per heavy atom. The number of hydrogen-bond acceptors (Lipinski definition) is 4. The smallest absolute Gasteiger partial charge is 0.221 e. The minimum absolute atomic E-state index is 0.117. The topological polar surface area (TPSA) is 72.2 Å². The van der Waals surface area contributed by atoms with Crippen LogP contribution in [0.1, 0.15) is 18.9 Å². The van der Waals surface area contributed by atoms with E-state index in [1.54, 1.807) is 12.1 Å². The summed E-state index contributed by atoms with van der Waals surface area (Å²) in [6.45, 7) is 1.46. The summed E-state index contributed by atoms with van der Waals surface area (Å²) in [6, 6.07) is 3.50. The van der Waals surface area contributed by atoms with Gasteiger partial charge in [-0.2, -0.15) is 0 Å². The number of nitrogen functional groups attached to an aromatic ring is 1. The molecule has 0 atom stereocenters. The van der Waals surface area contributed by atoms with E-state index in [1.807, 2.05) is 0 Å². The highest BCUT2D eigenvalue weighted by Gasteiger charge is 2.21. The Hall–Kier alpha value is -1.49. The second kappa shape index (κ2) is 4.17. The monoisotopic (exact) mass is 236 g/mol. The molecule has 0 aromatic heterocycles. The van der Waals surface area contributed by atoms with Crippen LogP contribution in [0.2, 0.25) is 0 Å². The first-order valence-corrected chi connectivity index (χ1v) is 5.79. The maximum atomic E-state index is 11.3. The van der Waals surface area contributed by atoms with Crippen molar-refractivity contribution in [2.24, 2.45) is 0 Å². The Balaban J connectivity index is 2.46. The van der Waals surface area contributed by atoms with Crippen LogP contribution in [0.15, 0.2) is 17.0 Å². The van der Waals surface area contributed by atoms with Crippen molar-refractivity contribution in [1.82, 2.24) is 0 Å². The van der Waals surface area contributed by atoms with E-state index in [-0.39, 0.29) is 11.0 Å². The molecule has 0 saturated carbocycles. The summed E-state index contributed by atoms with van der Waals surface area (Å²) in [5, 5.41) is 2.88. The van der Waals surface area contributed by atoms with Crippen LogP contribution in [0.3, 0.4) is 0 Å². The van der Waals surface area contributed by atoms with Gasteiger partial charge >= 0.3 is 0 Å². The van der Waals surface area contributed by atoms with Gasteiger partial charge in [0, 0.05) is 29.6 Å². The van der Waals surface area contributed by atoms with E-state index >= 15 is 0 Å². The van der Waals surface area contributed by atoms with E-state index < -0.39 is 0 Å². The molecule has 1 aromatic rings. The molecule has 5 heteroatoms. The largest absolute Gasteiger partial charge is 0.398 e. The van der Waals surface area contributed by atoms with E-state index in [4.69, 9.17) is 5.73 Å². The summed E-state index contributed by atoms with van der Waals surface area (Å²) < 4.78 is 0. The zero-order valence-electron chi connectivity index (χ0n) is 8.87. The molecule has 0 fully saturated rings. The van der Waals surface area contributed by atoms with Crippen LogP contribution in [0.25, 0.3) is 0 Å². The van der Waals surface area contributed by atoms with Gasteiger partial charge in [0.1, 0.15) is 0 Å². The van der Waals surface area contributed by atoms with Gasteiger partial charge in [0.15, 0.2) is 5.12 Å². The molecule has 4 nitrogen and oxygen atoms in total. The van der Waals surface area contributed by atoms with Crippen LogP contribution >= 0.6 is 11.8 Å². The van der Waals surface area contributed by atoms with Gasteiger partial charge < -0.3 is 11.1 Å². The molecule has 16 heavy (non-hydrogen) atoms. The fraction of sp³-hybridized carbons (Fsp3) is 0.273. The summed E-state index contributed by atoms with van der Waals surface area (Å²) in [7, 11) is 0. The number of anilines is 2. The van der Waals surface area contributed by atoms with Crippen molar-refractivity contribution in [1.29, 1.82) is 0 Å². The molecular formula is C11H12N2O2S. The first-order chi connectivity index (χ1) is 7.58. The first-order valence-electron chi connectivity index (χ1n) is 4.97. The molecule has 1 aromatic carbocycles. The number of carbonyl (C=O) groups is 2. The summed E-state index contributed by atoms with van der Waals surface area (Å²) in [4.78, 5) is 23.2. The van der Waals surface area contributed by atoms with Crippen LogP contribution in [0.4, 0.5) is 11.4 Å². The SMILES string of the molecule is CC(=O)Nc1ccc(N)c2c1CCC(=O)S2. The Kier molecular flexibility index (Phi) is 2.87. The number of hydrogen-bond donors (Lipinski definition) is 2. The minimum atomic E-state index is -0.117. The van der Waals surface area contributed by atoms with Gasteiger partial charge in [0.05, 0.1) is 0 Å². The Bertz CT molecular complexity index is 471. The molecule has 0 saturated heterocycles. The Labute approximate surface area is 97.6 Å². The molecule has 2 rings (SSSR count). The molecule has 0 bridgehead atoms. The zero-order chi connectivity index (χ0) is 11.7. The molecule has 1 heterocycles. The van der Waals surface area contributed by atoms with Gasteiger partial charge in [-0.3, -0.25) is 9.59 Å². The lowest BCUT2D eigenvalue weighted by Crippen LogP contribution is -2.13. The minimum Gasteiger partial charge on any atom is -0.398 e. The average molecular weight is 236 g/mol. The third kappa shape index (κ3) is 2.04. The van der Waals surface area contributed by atoms with E-state index in [1.165, 1.54) is 6.92 Å². The molecule has 1 amide bonds. The van der Waals surface area contributed by atoms with Gasteiger partial charge in [-0.25, -0.2) is 0 Å². The van der Waals surface area contributed by atoms with Crippen molar-refractivity contribution in [2.45, 2.75) is 24.7 Å². The van der Waals surface area contributed by atoms with Crippen LogP contribution < -0.4 is 11.1 Å². The van der Waals surface area contributed by atoms with Crippen molar-refractivity contribution < 1.29 is 9.59 Å². The maximum absolute atomic E-state index is 11.3. The Morgan fingerprint density at radius 2 is 2.19 bits per heavy atom. The lowest BCUT2D eigenvalue weighted by atomic mass is 10.1. The van der Waals surface area contributed by atoms with Crippen molar-refractivity contribution in [3.05, 3.63) is 17.7 Å². The molecule has 0 spiro atoms. The van der Waals surface area contributed by atoms with Crippen LogP contribution in [0, 0.1) is 0 Å². The lowest BCUT2D eigenvalue weighted by molar-refractivity contribution is -0.114. The van der Waals surface area contributed by atoms with Crippen molar-refractivity contribution in [3.8, 4) is 0 Å². The second-order valence-corrected chi connectivity index (χ2v) is 4.73. The van der Waals surface area contributed by atoms with E-state index in [0.29, 0.717) is 18.5 Å². The standard InChI is InChI=1S/C11H12N2O2S/c1-6(14)13-9-4-3-8(12)11-7(9)2-5-10(15)16-11/h3-4H,2,5,12H2,1H3,(H,13,14). The molecule has 0 radical (unpaired) electrons. The lowest BCUT2D eigenvalue weighted by Gasteiger charge is -2.19. The molecule has 1 aliphatic rings. The molecule has 84 valence electrons. The highest BCUT2D eigenvalue weighted by Crippen LogP contribution is 2.39. The van der Waals surface area contributed by atoms with Gasteiger partial charge in [0.2, 0.25) is 5.91 Å². The number of benzene rings is 1. The zero-order valence-corrected chi connectivity index (χ0v) is 9.69. The maximum Gasteiger partial charge on any atom is 0.221 e. The average Bonchev–Trinajstić information content (AvgIpc) is 2.22. The molecule has 0 unspecified atom stereocenters. The number of thioether (sulfide) groups is 1. The third-order valence-corrected chi connectivity index (χ3v) is 3.51. The number of nitrogens with two attached hydrogens (primary N) is 1. The predicted molar refractivity (Wildman–Crippen MR) is 64.3 cm³/mol. The van der Waals surface area contributed by atoms with Crippen LogP contribution in [-0.4, -0.2) is 11.0 Å². The van der Waals surface area contributed by atoms with Gasteiger partial charge in [-0.05, 0) is 35.9 Å². The number of nitrogens with one attached hydrogen (secondary N) is 1. The predicted octanol–water partition coefficient (Wildman–Crippen LogP) is 1.79. The van der Waals surface area contributed by atoms with Crippen molar-refractivity contribution in [2.75, 3.05) is 11.1 Å². The fourth-order valence-corrected chi connectivity index (χ4v) is 2.67. The second-order valence-electron chi connectivity index (χ2n) is 3.67. The van der Waals surface area contributed by atoms with Gasteiger partial charge in [-0.15, -0.1) is 0 Å². The number of amides is 1. The van der Waals surface area contributed by atoms with Gasteiger partial charge in [0.25, 0.3) is 0 Å². The summed E-state index contributed by atoms with van der Waals surface area (Å²) in [6.07, 6.45) is 1.13. The molecule has 1 aliphatic heterocycles. The number of carbonyl (C=O) groups excluding carboxylic acids is 2. The number of fused-ring (bicyclic) bond motifs is 1. The quantitative estimate of drug-likeness (QED) is 0.729. The van der Waals surface area contributed by atoms with E-state index in [0.717, 1.165) is 27.9 Å². The molecular weight excluding hydrogens is 224 g/mol. The van der Waals surface area contributed by atoms with Crippen LogP contribution in [-0.2, 0) is 16.0 Å². The first kappa shape index (κ1) is 11.0.